The van der Waals surface area contributed by atoms with E-state index in [1.165, 1.54) is 0 Å². The Bertz CT molecular complexity index is 439. The van der Waals surface area contributed by atoms with Crippen LogP contribution in [-0.4, -0.2) is 23.5 Å². The van der Waals surface area contributed by atoms with Gasteiger partial charge in [-0.25, -0.2) is 13.2 Å². The summed E-state index contributed by atoms with van der Waals surface area (Å²) >= 11 is 0. The molecule has 0 aliphatic rings. The molecule has 0 fully saturated rings. The number of rotatable bonds is 4. The lowest BCUT2D eigenvalue weighted by Crippen LogP contribution is -2.31. The molecule has 92 valence electrons. The van der Waals surface area contributed by atoms with Crippen LogP contribution in [0.25, 0.3) is 0 Å². The number of nitrogens with one attached hydrogen (secondary N) is 1. The molecule has 1 aromatic carbocycles. The highest BCUT2D eigenvalue weighted by atomic mass is 19.1. The number of carboxylic acid groups (broad SMARTS) is 1. The SMILES string of the molecule is O=C(O)CNC(=O)Cc1c(F)cc(F)cc1F. The quantitative estimate of drug-likeness (QED) is 0.828. The monoisotopic (exact) mass is 247 g/mol. The first kappa shape index (κ1) is 13.0. The van der Waals surface area contributed by atoms with Crippen LogP contribution in [0.3, 0.4) is 0 Å². The first-order valence-corrected chi connectivity index (χ1v) is 4.52. The van der Waals surface area contributed by atoms with E-state index in [4.69, 9.17) is 5.11 Å². The van der Waals surface area contributed by atoms with Crippen LogP contribution in [0.5, 0.6) is 0 Å². The molecule has 1 aromatic rings. The Hall–Kier alpha value is -2.05. The molecule has 0 aliphatic heterocycles. The van der Waals surface area contributed by atoms with E-state index in [0.717, 1.165) is 0 Å². The van der Waals surface area contributed by atoms with Gasteiger partial charge in [-0.1, -0.05) is 0 Å². The molecule has 4 nitrogen and oxygen atoms in total. The molecular weight excluding hydrogens is 239 g/mol. The van der Waals surface area contributed by atoms with Crippen LogP contribution in [-0.2, 0) is 16.0 Å². The third-order valence-electron chi connectivity index (χ3n) is 1.88. The largest absolute Gasteiger partial charge is 0.480 e. The molecule has 0 saturated carbocycles. The Morgan fingerprint density at radius 1 is 1.18 bits per heavy atom. The Balaban J connectivity index is 2.75. The molecule has 0 aromatic heterocycles. The molecule has 0 saturated heterocycles. The van der Waals surface area contributed by atoms with Crippen molar-refractivity contribution in [2.45, 2.75) is 6.42 Å². The molecule has 0 bridgehead atoms. The molecule has 0 spiro atoms. The first-order valence-electron chi connectivity index (χ1n) is 4.52. The van der Waals surface area contributed by atoms with Gasteiger partial charge in [-0.2, -0.15) is 0 Å². The molecule has 0 aliphatic carbocycles. The Labute approximate surface area is 94.1 Å². The van der Waals surface area contributed by atoms with Crippen molar-refractivity contribution >= 4 is 11.9 Å². The summed E-state index contributed by atoms with van der Waals surface area (Å²) in [6, 6.07) is 0.895. The van der Waals surface area contributed by atoms with E-state index in [0.29, 0.717) is 12.1 Å². The zero-order chi connectivity index (χ0) is 13.0. The highest BCUT2D eigenvalue weighted by Gasteiger charge is 2.15. The Morgan fingerprint density at radius 2 is 1.71 bits per heavy atom. The molecular formula is C10H8F3NO3. The predicted molar refractivity (Wildman–Crippen MR) is 50.7 cm³/mol. The number of aliphatic carboxylic acids is 1. The molecule has 0 atom stereocenters. The van der Waals surface area contributed by atoms with Crippen LogP contribution in [0.2, 0.25) is 0 Å². The summed E-state index contributed by atoms with van der Waals surface area (Å²) in [7, 11) is 0. The molecule has 1 rings (SSSR count). The standard InChI is InChI=1S/C10H8F3NO3/c11-5-1-7(12)6(8(13)2-5)3-9(15)14-4-10(16)17/h1-2H,3-4H2,(H,14,15)(H,16,17). The average Bonchev–Trinajstić information content (AvgIpc) is 2.20. The summed E-state index contributed by atoms with van der Waals surface area (Å²) in [5, 5.41) is 10.2. The second-order valence-electron chi connectivity index (χ2n) is 3.20. The summed E-state index contributed by atoms with van der Waals surface area (Å²) in [5.41, 5.74) is -0.603. The number of carbonyl (C=O) groups is 2. The molecule has 2 N–H and O–H groups in total. The number of benzene rings is 1. The van der Waals surface area contributed by atoms with Gasteiger partial charge in [0.15, 0.2) is 0 Å². The van der Waals surface area contributed by atoms with Crippen LogP contribution in [0.15, 0.2) is 12.1 Å². The summed E-state index contributed by atoms with van der Waals surface area (Å²) in [6.45, 7) is -0.650. The number of carbonyl (C=O) groups excluding carboxylic acids is 1. The number of hydrogen-bond donors (Lipinski definition) is 2. The molecule has 0 radical (unpaired) electrons. The lowest BCUT2D eigenvalue weighted by Gasteiger charge is -2.05. The van der Waals surface area contributed by atoms with Crippen molar-refractivity contribution in [3.63, 3.8) is 0 Å². The van der Waals surface area contributed by atoms with Crippen LogP contribution in [0, 0.1) is 17.5 Å². The fourth-order valence-corrected chi connectivity index (χ4v) is 1.14. The third-order valence-corrected chi connectivity index (χ3v) is 1.88. The van der Waals surface area contributed by atoms with E-state index in [-0.39, 0.29) is 0 Å². The van der Waals surface area contributed by atoms with Crippen molar-refractivity contribution < 1.29 is 27.9 Å². The number of carboxylic acids is 1. The van der Waals surface area contributed by atoms with Crippen molar-refractivity contribution in [1.29, 1.82) is 0 Å². The van der Waals surface area contributed by atoms with Crippen LogP contribution < -0.4 is 5.32 Å². The minimum atomic E-state index is -1.28. The maximum absolute atomic E-state index is 13.1. The van der Waals surface area contributed by atoms with Crippen molar-refractivity contribution in [1.82, 2.24) is 5.32 Å². The second kappa shape index (κ2) is 5.33. The zero-order valence-electron chi connectivity index (χ0n) is 8.47. The first-order chi connectivity index (χ1) is 7.90. The van der Waals surface area contributed by atoms with Crippen LogP contribution in [0.1, 0.15) is 5.56 Å². The summed E-state index contributed by atoms with van der Waals surface area (Å²) in [4.78, 5) is 21.2. The van der Waals surface area contributed by atoms with Crippen molar-refractivity contribution in [2.75, 3.05) is 6.54 Å². The topological polar surface area (TPSA) is 66.4 Å². The maximum Gasteiger partial charge on any atom is 0.322 e. The summed E-state index contributed by atoms with van der Waals surface area (Å²) < 4.78 is 38.7. The molecule has 7 heteroatoms. The van der Waals surface area contributed by atoms with Gasteiger partial charge in [-0.15, -0.1) is 0 Å². The number of amides is 1. The summed E-state index contributed by atoms with van der Waals surface area (Å²) in [5.74, 6) is -5.61. The van der Waals surface area contributed by atoms with E-state index in [1.54, 1.807) is 0 Å². The second-order valence-corrected chi connectivity index (χ2v) is 3.20. The molecule has 1 amide bonds. The van der Waals surface area contributed by atoms with Gasteiger partial charge in [-0.3, -0.25) is 9.59 Å². The van der Waals surface area contributed by atoms with Crippen molar-refractivity contribution in [2.24, 2.45) is 0 Å². The van der Waals surface area contributed by atoms with E-state index >= 15 is 0 Å². The van der Waals surface area contributed by atoms with E-state index in [9.17, 15) is 22.8 Å². The Morgan fingerprint density at radius 3 is 2.18 bits per heavy atom. The van der Waals surface area contributed by atoms with Crippen molar-refractivity contribution in [3.05, 3.63) is 35.1 Å². The average molecular weight is 247 g/mol. The molecule has 17 heavy (non-hydrogen) atoms. The highest BCUT2D eigenvalue weighted by molar-refractivity contribution is 5.82. The summed E-state index contributed by atoms with van der Waals surface area (Å²) in [6.07, 6.45) is -0.689. The molecule has 0 heterocycles. The van der Waals surface area contributed by atoms with Crippen molar-refractivity contribution in [3.8, 4) is 0 Å². The lowest BCUT2D eigenvalue weighted by atomic mass is 10.1. The minimum absolute atomic E-state index is 0.447. The maximum atomic E-state index is 13.1. The van der Waals surface area contributed by atoms with E-state index in [1.807, 2.05) is 5.32 Å². The molecule has 0 unspecified atom stereocenters. The number of halogens is 3. The van der Waals surface area contributed by atoms with Gasteiger partial charge in [0.25, 0.3) is 0 Å². The smallest absolute Gasteiger partial charge is 0.322 e. The number of hydrogen-bond acceptors (Lipinski definition) is 2. The lowest BCUT2D eigenvalue weighted by molar-refractivity contribution is -0.137. The van der Waals surface area contributed by atoms with E-state index < -0.39 is 47.9 Å². The minimum Gasteiger partial charge on any atom is -0.480 e. The zero-order valence-corrected chi connectivity index (χ0v) is 8.47. The third kappa shape index (κ3) is 3.78. The van der Waals surface area contributed by atoms with Gasteiger partial charge in [0.1, 0.15) is 24.0 Å². The Kier molecular flexibility index (Phi) is 4.08. The normalized spacial score (nSPS) is 10.1. The highest BCUT2D eigenvalue weighted by Crippen LogP contribution is 2.15. The fraction of sp³-hybridized carbons (Fsp3) is 0.200. The van der Waals surface area contributed by atoms with Gasteiger partial charge in [0, 0.05) is 17.7 Å². The van der Waals surface area contributed by atoms with Gasteiger partial charge < -0.3 is 10.4 Å². The van der Waals surface area contributed by atoms with Gasteiger partial charge in [0.05, 0.1) is 6.42 Å². The van der Waals surface area contributed by atoms with Gasteiger partial charge >= 0.3 is 5.97 Å². The van der Waals surface area contributed by atoms with Crippen LogP contribution in [0.4, 0.5) is 13.2 Å². The van der Waals surface area contributed by atoms with Gasteiger partial charge in [0.2, 0.25) is 5.91 Å². The predicted octanol–water partition coefficient (Wildman–Crippen LogP) is 0.847. The van der Waals surface area contributed by atoms with Crippen LogP contribution >= 0.6 is 0 Å². The fourth-order valence-electron chi connectivity index (χ4n) is 1.14. The van der Waals surface area contributed by atoms with Gasteiger partial charge in [-0.05, 0) is 0 Å². The van der Waals surface area contributed by atoms with E-state index in [2.05, 4.69) is 0 Å².